The summed E-state index contributed by atoms with van der Waals surface area (Å²) in [6, 6.07) is 8.88. The van der Waals surface area contributed by atoms with Crippen molar-refractivity contribution < 1.29 is 19.1 Å². The first kappa shape index (κ1) is 16.3. The van der Waals surface area contributed by atoms with Gasteiger partial charge in [0.1, 0.15) is 12.8 Å². The van der Waals surface area contributed by atoms with Crippen LogP contribution in [0.5, 0.6) is 0 Å². The number of nitrogens with two attached hydrogens (primary N) is 1. The highest BCUT2D eigenvalue weighted by Crippen LogP contribution is 2.26. The van der Waals surface area contributed by atoms with Gasteiger partial charge in [-0.3, -0.25) is 4.79 Å². The molecule has 126 valence electrons. The minimum Gasteiger partial charge on any atom is -0.459 e. The molecule has 0 aromatic heterocycles. The zero-order chi connectivity index (χ0) is 16.9. The van der Waals surface area contributed by atoms with Crippen LogP contribution in [0.3, 0.4) is 0 Å². The van der Waals surface area contributed by atoms with Crippen molar-refractivity contribution in [3.05, 3.63) is 59.9 Å². The van der Waals surface area contributed by atoms with E-state index in [4.69, 9.17) is 15.2 Å². The average Bonchev–Trinajstić information content (AvgIpc) is 3.09. The molecule has 3 rings (SSSR count). The maximum atomic E-state index is 11.9. The second-order valence-corrected chi connectivity index (χ2v) is 5.81. The third-order valence-corrected chi connectivity index (χ3v) is 4.06. The second kappa shape index (κ2) is 7.31. The third-order valence-electron chi connectivity index (χ3n) is 4.06. The summed E-state index contributed by atoms with van der Waals surface area (Å²) in [4.78, 5) is 25.1. The highest BCUT2D eigenvalue weighted by molar-refractivity contribution is 5.92. The van der Waals surface area contributed by atoms with Crippen LogP contribution in [0.25, 0.3) is 0 Å². The summed E-state index contributed by atoms with van der Waals surface area (Å²) >= 11 is 0. The van der Waals surface area contributed by atoms with Crippen LogP contribution in [0, 0.1) is 0 Å². The molecule has 1 aromatic carbocycles. The Bertz CT molecular complexity index is 669. The number of allylic oxidation sites excluding steroid dienone is 1. The molecule has 0 unspecified atom stereocenters. The highest BCUT2D eigenvalue weighted by Gasteiger charge is 2.30. The molecule has 2 aliphatic heterocycles. The van der Waals surface area contributed by atoms with Crippen LogP contribution in [0.15, 0.2) is 54.4 Å². The number of esters is 1. The molecule has 0 spiro atoms. The van der Waals surface area contributed by atoms with Gasteiger partial charge in [-0.15, -0.1) is 0 Å². The van der Waals surface area contributed by atoms with Gasteiger partial charge in [0.25, 0.3) is 0 Å². The molecule has 1 fully saturated rings. The van der Waals surface area contributed by atoms with Crippen molar-refractivity contribution in [2.24, 2.45) is 5.73 Å². The van der Waals surface area contributed by atoms with Gasteiger partial charge in [-0.05, 0) is 31.4 Å². The Morgan fingerprint density at radius 2 is 2.04 bits per heavy atom. The number of benzene rings is 1. The molecule has 24 heavy (non-hydrogen) atoms. The lowest BCUT2D eigenvalue weighted by atomic mass is 10.1. The van der Waals surface area contributed by atoms with E-state index in [0.717, 1.165) is 12.8 Å². The van der Waals surface area contributed by atoms with E-state index in [1.807, 2.05) is 23.2 Å². The van der Waals surface area contributed by atoms with Gasteiger partial charge in [0.2, 0.25) is 5.91 Å². The molecule has 2 aliphatic rings. The van der Waals surface area contributed by atoms with Crippen LogP contribution < -0.4 is 5.73 Å². The molecule has 2 N–H and O–H groups in total. The summed E-state index contributed by atoms with van der Waals surface area (Å²) in [5, 5.41) is 0. The van der Waals surface area contributed by atoms with Crippen molar-refractivity contribution in [3.63, 3.8) is 0 Å². The molecule has 2 heterocycles. The molecule has 1 saturated heterocycles. The zero-order valence-electron chi connectivity index (χ0n) is 13.3. The Labute approximate surface area is 140 Å². The molecule has 1 amide bonds. The lowest BCUT2D eigenvalue weighted by Gasteiger charge is -2.27. The van der Waals surface area contributed by atoms with E-state index < -0.39 is 5.91 Å². The van der Waals surface area contributed by atoms with Crippen LogP contribution >= 0.6 is 0 Å². The number of ether oxygens (including phenoxy) is 2. The molecule has 1 aromatic rings. The normalized spacial score (nSPS) is 23.0. The first-order valence-electron chi connectivity index (χ1n) is 7.95. The fourth-order valence-electron chi connectivity index (χ4n) is 2.78. The predicted molar refractivity (Wildman–Crippen MR) is 87.5 cm³/mol. The molecule has 0 saturated carbocycles. The van der Waals surface area contributed by atoms with Crippen LogP contribution in [0.1, 0.15) is 29.6 Å². The number of hydrogen-bond acceptors (Lipinski definition) is 5. The lowest BCUT2D eigenvalue weighted by molar-refractivity contribution is -0.114. The van der Waals surface area contributed by atoms with Crippen LogP contribution in [-0.4, -0.2) is 35.7 Å². The van der Waals surface area contributed by atoms with Gasteiger partial charge in [-0.25, -0.2) is 4.79 Å². The number of primary amides is 1. The van der Waals surface area contributed by atoms with Crippen LogP contribution in [0.4, 0.5) is 0 Å². The van der Waals surface area contributed by atoms with Crippen molar-refractivity contribution in [2.75, 3.05) is 6.61 Å². The summed E-state index contributed by atoms with van der Waals surface area (Å²) < 4.78 is 11.2. The molecule has 0 radical (unpaired) electrons. The maximum Gasteiger partial charge on any atom is 0.338 e. The fraction of sp³-hybridized carbons (Fsp3) is 0.333. The average molecular weight is 328 g/mol. The highest BCUT2D eigenvalue weighted by atomic mass is 16.6. The van der Waals surface area contributed by atoms with E-state index in [1.54, 1.807) is 30.5 Å². The van der Waals surface area contributed by atoms with E-state index in [1.165, 1.54) is 0 Å². The van der Waals surface area contributed by atoms with Gasteiger partial charge in [0.05, 0.1) is 11.7 Å². The summed E-state index contributed by atoms with van der Waals surface area (Å²) in [6.07, 6.45) is 7.29. The van der Waals surface area contributed by atoms with Crippen LogP contribution in [-0.2, 0) is 14.3 Å². The fourth-order valence-corrected chi connectivity index (χ4v) is 2.78. The number of amides is 1. The van der Waals surface area contributed by atoms with Crippen LogP contribution in [0.2, 0.25) is 0 Å². The van der Waals surface area contributed by atoms with Gasteiger partial charge in [0, 0.05) is 18.0 Å². The second-order valence-electron chi connectivity index (χ2n) is 5.81. The topological polar surface area (TPSA) is 81.9 Å². The van der Waals surface area contributed by atoms with E-state index in [2.05, 4.69) is 0 Å². The van der Waals surface area contributed by atoms with Gasteiger partial charge >= 0.3 is 5.97 Å². The Kier molecular flexibility index (Phi) is 4.96. The first-order chi connectivity index (χ1) is 11.6. The third kappa shape index (κ3) is 3.83. The standard InChI is InChI=1S/C18H20N2O4/c19-17(21)14-7-4-10-20(11-14)16-9-8-15(24-16)12-23-18(22)13-5-2-1-3-6-13/h1-6,10-11,15-16H,7-9,12H2,(H2,19,21)/t15-,16+/m0/s1. The maximum absolute atomic E-state index is 11.9. The minimum atomic E-state index is -0.421. The van der Waals surface area contributed by atoms with Gasteiger partial charge in [0.15, 0.2) is 0 Å². The molecule has 6 nitrogen and oxygen atoms in total. The minimum absolute atomic E-state index is 0.150. The molecular formula is C18H20N2O4. The molecule has 0 bridgehead atoms. The Morgan fingerprint density at radius 1 is 1.25 bits per heavy atom. The van der Waals surface area contributed by atoms with Crippen molar-refractivity contribution in [1.82, 2.24) is 4.90 Å². The van der Waals surface area contributed by atoms with Gasteiger partial charge in [-0.2, -0.15) is 0 Å². The molecular weight excluding hydrogens is 308 g/mol. The summed E-state index contributed by atoms with van der Waals surface area (Å²) in [5.41, 5.74) is 6.41. The molecule has 6 heteroatoms. The number of carbonyl (C=O) groups is 2. The van der Waals surface area contributed by atoms with E-state index >= 15 is 0 Å². The van der Waals surface area contributed by atoms with Crippen molar-refractivity contribution in [1.29, 1.82) is 0 Å². The molecule has 2 atom stereocenters. The Balaban J connectivity index is 1.51. The zero-order valence-corrected chi connectivity index (χ0v) is 13.3. The summed E-state index contributed by atoms with van der Waals surface area (Å²) in [7, 11) is 0. The molecule has 0 aliphatic carbocycles. The van der Waals surface area contributed by atoms with E-state index in [-0.39, 0.29) is 24.9 Å². The summed E-state index contributed by atoms with van der Waals surface area (Å²) in [6.45, 7) is 0.216. The number of hydrogen-bond donors (Lipinski definition) is 1. The summed E-state index contributed by atoms with van der Waals surface area (Å²) in [5.74, 6) is -0.771. The predicted octanol–water partition coefficient (Wildman–Crippen LogP) is 1.94. The number of rotatable bonds is 5. The monoisotopic (exact) mass is 328 g/mol. The van der Waals surface area contributed by atoms with Gasteiger partial charge in [-0.1, -0.05) is 24.3 Å². The van der Waals surface area contributed by atoms with E-state index in [9.17, 15) is 9.59 Å². The van der Waals surface area contributed by atoms with Crippen molar-refractivity contribution in [3.8, 4) is 0 Å². The van der Waals surface area contributed by atoms with Crippen molar-refractivity contribution >= 4 is 11.9 Å². The SMILES string of the molecule is NC(=O)C1=CN([C@H]2CC[C@@H](COC(=O)c3ccccc3)O2)C=CC1. The largest absolute Gasteiger partial charge is 0.459 e. The van der Waals surface area contributed by atoms with E-state index in [0.29, 0.717) is 17.6 Å². The van der Waals surface area contributed by atoms with Crippen molar-refractivity contribution in [2.45, 2.75) is 31.6 Å². The number of carbonyl (C=O) groups excluding carboxylic acids is 2. The Hall–Kier alpha value is -2.60. The first-order valence-corrected chi connectivity index (χ1v) is 7.95. The quantitative estimate of drug-likeness (QED) is 0.835. The number of nitrogens with zero attached hydrogens (tertiary/aromatic N) is 1. The van der Waals surface area contributed by atoms with Gasteiger partial charge < -0.3 is 20.1 Å². The smallest absolute Gasteiger partial charge is 0.338 e. The Morgan fingerprint density at radius 3 is 2.79 bits per heavy atom. The lowest BCUT2D eigenvalue weighted by Crippen LogP contribution is -2.30.